The van der Waals surface area contributed by atoms with E-state index in [1.165, 1.54) is 4.90 Å². The van der Waals surface area contributed by atoms with E-state index in [0.29, 0.717) is 31.9 Å². The van der Waals surface area contributed by atoms with Gasteiger partial charge in [-0.2, -0.15) is 5.10 Å². The smallest absolute Gasteiger partial charge is 0.274 e. The molecular weight excluding hydrogens is 430 g/mol. The van der Waals surface area contributed by atoms with Gasteiger partial charge in [0.25, 0.3) is 11.8 Å². The summed E-state index contributed by atoms with van der Waals surface area (Å²) >= 11 is 0. The second-order valence-corrected chi connectivity index (χ2v) is 8.57. The first-order valence-corrected chi connectivity index (χ1v) is 11.4. The van der Waals surface area contributed by atoms with Crippen molar-refractivity contribution in [2.45, 2.75) is 33.0 Å². The van der Waals surface area contributed by atoms with Crippen molar-refractivity contribution in [3.8, 4) is 0 Å². The van der Waals surface area contributed by atoms with Gasteiger partial charge in [-0.25, -0.2) is 0 Å². The Morgan fingerprint density at radius 2 is 1.79 bits per heavy atom. The molecule has 1 aliphatic heterocycles. The van der Waals surface area contributed by atoms with Crippen LogP contribution in [0.4, 0.5) is 0 Å². The molecule has 3 amide bonds. The normalized spacial score (nSPS) is 13.2. The topological polar surface area (TPSA) is 87.5 Å². The third-order valence-electron chi connectivity index (χ3n) is 5.99. The van der Waals surface area contributed by atoms with Crippen molar-refractivity contribution in [1.29, 1.82) is 0 Å². The van der Waals surface area contributed by atoms with Gasteiger partial charge in [-0.15, -0.1) is 0 Å². The van der Waals surface area contributed by atoms with Gasteiger partial charge in [0.05, 0.1) is 6.54 Å². The fraction of sp³-hybridized carbons (Fsp3) is 0.308. The highest BCUT2D eigenvalue weighted by Gasteiger charge is 2.27. The molecule has 8 nitrogen and oxygen atoms in total. The molecule has 0 aliphatic carbocycles. The van der Waals surface area contributed by atoms with Crippen molar-refractivity contribution in [1.82, 2.24) is 24.9 Å². The average Bonchev–Trinajstić information content (AvgIpc) is 3.21. The second-order valence-electron chi connectivity index (χ2n) is 8.57. The number of aryl methyl sites for hydroxylation is 2. The number of hydrogen-bond donors (Lipinski definition) is 1. The summed E-state index contributed by atoms with van der Waals surface area (Å²) in [6.45, 7) is 4.03. The fourth-order valence-corrected chi connectivity index (χ4v) is 4.02. The third-order valence-corrected chi connectivity index (χ3v) is 5.99. The largest absolute Gasteiger partial charge is 0.350 e. The minimum atomic E-state index is -0.395. The molecule has 1 aromatic heterocycles. The van der Waals surface area contributed by atoms with Gasteiger partial charge >= 0.3 is 0 Å². The molecule has 1 N–H and O–H groups in total. The van der Waals surface area contributed by atoms with Crippen LogP contribution in [0.5, 0.6) is 0 Å². The zero-order valence-electron chi connectivity index (χ0n) is 19.5. The van der Waals surface area contributed by atoms with Gasteiger partial charge < -0.3 is 15.1 Å². The molecule has 0 unspecified atom stereocenters. The Labute approximate surface area is 199 Å². The summed E-state index contributed by atoms with van der Waals surface area (Å²) in [6, 6.07) is 19.1. The van der Waals surface area contributed by atoms with Gasteiger partial charge in [-0.3, -0.25) is 19.1 Å². The van der Waals surface area contributed by atoms with Gasteiger partial charge in [-0.1, -0.05) is 54.6 Å². The maximum absolute atomic E-state index is 13.2. The van der Waals surface area contributed by atoms with Gasteiger partial charge in [0.15, 0.2) is 5.69 Å². The number of likely N-dealkylation sites (N-methyl/N-ethyl adjacent to an activating group) is 1. The lowest BCUT2D eigenvalue weighted by Crippen LogP contribution is -2.38. The van der Waals surface area contributed by atoms with Crippen LogP contribution in [0.15, 0.2) is 60.7 Å². The van der Waals surface area contributed by atoms with Crippen molar-refractivity contribution in [2.75, 3.05) is 20.1 Å². The SMILES string of the molecule is Cc1ccccc1CN1CCCn2nc(C(=O)N(C)CC(=O)NCc3ccccc3)cc2C1=O. The van der Waals surface area contributed by atoms with Crippen LogP contribution < -0.4 is 5.32 Å². The van der Waals surface area contributed by atoms with Crippen LogP contribution in [-0.4, -0.2) is 57.4 Å². The number of nitrogens with zero attached hydrogens (tertiary/aromatic N) is 4. The lowest BCUT2D eigenvalue weighted by Gasteiger charge is -2.21. The molecule has 176 valence electrons. The Bertz CT molecular complexity index is 1190. The predicted octanol–water partition coefficient (Wildman–Crippen LogP) is 2.63. The first kappa shape index (κ1) is 23.2. The van der Waals surface area contributed by atoms with Gasteiger partial charge in [0.1, 0.15) is 5.69 Å². The molecule has 3 aromatic rings. The van der Waals surface area contributed by atoms with E-state index < -0.39 is 5.91 Å². The van der Waals surface area contributed by atoms with Gasteiger partial charge in [0, 0.05) is 39.3 Å². The van der Waals surface area contributed by atoms with Crippen molar-refractivity contribution in [3.05, 3.63) is 88.7 Å². The number of nitrogens with one attached hydrogen (secondary N) is 1. The molecule has 8 heteroatoms. The Kier molecular flexibility index (Phi) is 7.06. The summed E-state index contributed by atoms with van der Waals surface area (Å²) in [5.41, 5.74) is 3.78. The highest BCUT2D eigenvalue weighted by Crippen LogP contribution is 2.18. The van der Waals surface area contributed by atoms with E-state index in [-0.39, 0.29) is 24.1 Å². The maximum Gasteiger partial charge on any atom is 0.274 e. The van der Waals surface area contributed by atoms with E-state index in [9.17, 15) is 14.4 Å². The summed E-state index contributed by atoms with van der Waals surface area (Å²) in [7, 11) is 1.56. The Hall–Kier alpha value is -3.94. The van der Waals surface area contributed by atoms with E-state index in [1.807, 2.05) is 61.5 Å². The maximum atomic E-state index is 13.2. The standard InChI is InChI=1S/C26H29N5O3/c1-19-9-6-7-12-21(19)17-30-13-8-14-31-23(26(30)34)15-22(28-31)25(33)29(2)18-24(32)27-16-20-10-4-3-5-11-20/h3-7,9-12,15H,8,13-14,16-18H2,1-2H3,(H,27,32). The van der Waals surface area contributed by atoms with Gasteiger partial charge in [-0.05, 0) is 30.0 Å². The Balaban J connectivity index is 1.40. The zero-order valence-corrected chi connectivity index (χ0v) is 19.5. The summed E-state index contributed by atoms with van der Waals surface area (Å²) in [5.74, 6) is -0.801. The molecule has 2 heterocycles. The lowest BCUT2D eigenvalue weighted by molar-refractivity contribution is -0.121. The number of carbonyl (C=O) groups excluding carboxylic acids is 3. The van der Waals surface area contributed by atoms with Crippen LogP contribution in [0.25, 0.3) is 0 Å². The Morgan fingerprint density at radius 3 is 2.56 bits per heavy atom. The zero-order chi connectivity index (χ0) is 24.1. The van der Waals surface area contributed by atoms with Crippen LogP contribution in [0.1, 0.15) is 44.1 Å². The molecule has 2 aromatic carbocycles. The minimum absolute atomic E-state index is 0.0960. The van der Waals surface area contributed by atoms with Crippen LogP contribution >= 0.6 is 0 Å². The number of amides is 3. The minimum Gasteiger partial charge on any atom is -0.350 e. The third kappa shape index (κ3) is 5.33. The molecule has 0 atom stereocenters. The molecule has 0 radical (unpaired) electrons. The van der Waals surface area contributed by atoms with Crippen molar-refractivity contribution < 1.29 is 14.4 Å². The highest BCUT2D eigenvalue weighted by atomic mass is 16.2. The molecular formula is C26H29N5O3. The monoisotopic (exact) mass is 459 g/mol. The number of hydrogen-bond acceptors (Lipinski definition) is 4. The first-order valence-electron chi connectivity index (χ1n) is 11.4. The van der Waals surface area contributed by atoms with E-state index in [1.54, 1.807) is 22.7 Å². The number of aromatic nitrogens is 2. The second kappa shape index (κ2) is 10.3. The lowest BCUT2D eigenvalue weighted by atomic mass is 10.1. The molecule has 0 saturated carbocycles. The highest BCUT2D eigenvalue weighted by molar-refractivity contribution is 5.99. The molecule has 1 aliphatic rings. The molecule has 4 rings (SSSR count). The van der Waals surface area contributed by atoms with E-state index in [0.717, 1.165) is 23.1 Å². The average molecular weight is 460 g/mol. The molecule has 34 heavy (non-hydrogen) atoms. The van der Waals surface area contributed by atoms with Crippen molar-refractivity contribution in [3.63, 3.8) is 0 Å². The van der Waals surface area contributed by atoms with Crippen LogP contribution in [0, 0.1) is 6.92 Å². The number of benzene rings is 2. The van der Waals surface area contributed by atoms with Crippen molar-refractivity contribution >= 4 is 17.7 Å². The Morgan fingerprint density at radius 1 is 1.06 bits per heavy atom. The fourth-order valence-electron chi connectivity index (χ4n) is 4.02. The van der Waals surface area contributed by atoms with Crippen LogP contribution in [-0.2, 0) is 24.4 Å². The molecule has 0 spiro atoms. The first-order chi connectivity index (χ1) is 16.4. The quantitative estimate of drug-likeness (QED) is 0.588. The summed E-state index contributed by atoms with van der Waals surface area (Å²) in [5, 5.41) is 7.20. The molecule has 0 fully saturated rings. The van der Waals surface area contributed by atoms with Crippen molar-refractivity contribution in [2.24, 2.45) is 0 Å². The van der Waals surface area contributed by atoms with Crippen LogP contribution in [0.3, 0.4) is 0 Å². The number of rotatable bonds is 7. The molecule has 0 bridgehead atoms. The van der Waals surface area contributed by atoms with Gasteiger partial charge in [0.2, 0.25) is 5.91 Å². The predicted molar refractivity (Wildman–Crippen MR) is 128 cm³/mol. The summed E-state index contributed by atoms with van der Waals surface area (Å²) < 4.78 is 1.61. The van der Waals surface area contributed by atoms with E-state index >= 15 is 0 Å². The number of fused-ring (bicyclic) bond motifs is 1. The molecule has 0 saturated heterocycles. The summed E-state index contributed by atoms with van der Waals surface area (Å²) in [4.78, 5) is 41.6. The summed E-state index contributed by atoms with van der Waals surface area (Å²) in [6.07, 6.45) is 0.748. The van der Waals surface area contributed by atoms with E-state index in [2.05, 4.69) is 10.4 Å². The number of carbonyl (C=O) groups is 3. The van der Waals surface area contributed by atoms with Crippen LogP contribution in [0.2, 0.25) is 0 Å². The van der Waals surface area contributed by atoms with E-state index in [4.69, 9.17) is 0 Å².